The number of fused-ring (bicyclic) bond motifs is 3. The van der Waals surface area contributed by atoms with E-state index >= 15 is 0 Å². The molecule has 0 aliphatic heterocycles. The van der Waals surface area contributed by atoms with Crippen molar-refractivity contribution in [3.05, 3.63) is 54.7 Å². The van der Waals surface area contributed by atoms with E-state index in [0.717, 1.165) is 34.6 Å². The highest BCUT2D eigenvalue weighted by atomic mass is 79.9. The molecule has 0 saturated carbocycles. The Kier molecular flexibility index (Phi) is 11.3. The Balaban J connectivity index is 0.00000160. The van der Waals surface area contributed by atoms with E-state index < -0.39 is 12.0 Å². The van der Waals surface area contributed by atoms with Gasteiger partial charge in [-0.1, -0.05) is 42.0 Å². The number of carbonyl (C=O) groups excluding carboxylic acids is 1. The fourth-order valence-electron chi connectivity index (χ4n) is 3.12. The molecular weight excluding hydrogens is 612 g/mol. The predicted octanol–water partition coefficient (Wildman–Crippen LogP) is 5.31. The third-order valence-electron chi connectivity index (χ3n) is 4.62. The number of aromatic nitrogens is 2. The number of rotatable bonds is 7. The van der Waals surface area contributed by atoms with Crippen LogP contribution < -0.4 is 16.2 Å². The molecule has 10 heteroatoms. The standard InChI is InChI=1S/C21H22N4O2S.3BrH/c22-11-4-3-8-16(23)20(26)27-15-7-5-6-14(12-15)17-13-25-18-9-1-2-10-19(18)28-21(25)24-17;;;/h1-2,5-7,9-10,12-13,16H,3-4,8,11,22-23H2;3*1H. The van der Waals surface area contributed by atoms with Crippen LogP contribution in [0.4, 0.5) is 0 Å². The molecule has 2 aromatic heterocycles. The van der Waals surface area contributed by atoms with E-state index in [0.29, 0.717) is 18.7 Å². The summed E-state index contributed by atoms with van der Waals surface area (Å²) in [5.41, 5.74) is 14.2. The van der Waals surface area contributed by atoms with Crippen molar-refractivity contribution in [1.82, 2.24) is 9.38 Å². The number of nitrogens with two attached hydrogens (primary N) is 2. The van der Waals surface area contributed by atoms with Crippen LogP contribution in [0, 0.1) is 0 Å². The molecule has 0 amide bonds. The van der Waals surface area contributed by atoms with Crippen LogP contribution in [0.5, 0.6) is 5.75 Å². The molecular formula is C21H25Br3N4O2S. The summed E-state index contributed by atoms with van der Waals surface area (Å²) in [5.74, 6) is 0.0453. The van der Waals surface area contributed by atoms with Gasteiger partial charge in [-0.05, 0) is 43.7 Å². The average molecular weight is 637 g/mol. The van der Waals surface area contributed by atoms with Gasteiger partial charge in [0.05, 0.1) is 15.9 Å². The van der Waals surface area contributed by atoms with Gasteiger partial charge in [0.25, 0.3) is 0 Å². The second kappa shape index (κ2) is 12.7. The predicted molar refractivity (Wildman–Crippen MR) is 143 cm³/mol. The number of benzene rings is 2. The third kappa shape index (κ3) is 6.36. The largest absolute Gasteiger partial charge is 0.425 e. The number of halogens is 3. The van der Waals surface area contributed by atoms with E-state index in [4.69, 9.17) is 21.2 Å². The number of unbranched alkanes of at least 4 members (excludes halogenated alkanes) is 1. The maximum Gasteiger partial charge on any atom is 0.328 e. The molecule has 0 aliphatic carbocycles. The lowest BCUT2D eigenvalue weighted by Crippen LogP contribution is -2.34. The molecule has 4 aromatic rings. The lowest BCUT2D eigenvalue weighted by atomic mass is 10.1. The number of thiazole rings is 1. The molecule has 168 valence electrons. The number of carbonyl (C=O) groups is 1. The second-order valence-electron chi connectivity index (χ2n) is 6.69. The Labute approximate surface area is 216 Å². The van der Waals surface area contributed by atoms with Crippen molar-refractivity contribution in [2.75, 3.05) is 6.54 Å². The Morgan fingerprint density at radius 1 is 1.10 bits per heavy atom. The minimum absolute atomic E-state index is 0. The molecule has 0 saturated heterocycles. The van der Waals surface area contributed by atoms with Crippen LogP contribution in [-0.4, -0.2) is 27.9 Å². The fraction of sp³-hybridized carbons (Fsp3) is 0.238. The highest BCUT2D eigenvalue weighted by Crippen LogP contribution is 2.30. The maximum atomic E-state index is 12.2. The van der Waals surface area contributed by atoms with E-state index in [9.17, 15) is 4.79 Å². The van der Waals surface area contributed by atoms with Gasteiger partial charge in [0.1, 0.15) is 11.8 Å². The lowest BCUT2D eigenvalue weighted by molar-refractivity contribution is -0.136. The van der Waals surface area contributed by atoms with Gasteiger partial charge < -0.3 is 16.2 Å². The molecule has 31 heavy (non-hydrogen) atoms. The van der Waals surface area contributed by atoms with Crippen molar-refractivity contribution in [1.29, 1.82) is 0 Å². The Bertz CT molecular complexity index is 1130. The SMILES string of the molecule is Br.Br.Br.NCCCCC(N)C(=O)Oc1cccc(-c2cn3c(n2)sc2ccccc23)c1. The summed E-state index contributed by atoms with van der Waals surface area (Å²) in [6.07, 6.45) is 4.24. The molecule has 0 bridgehead atoms. The van der Waals surface area contributed by atoms with Crippen molar-refractivity contribution in [3.8, 4) is 17.0 Å². The summed E-state index contributed by atoms with van der Waals surface area (Å²) < 4.78 is 8.75. The zero-order valence-electron chi connectivity index (χ0n) is 16.6. The van der Waals surface area contributed by atoms with Gasteiger partial charge in [0.2, 0.25) is 0 Å². The topological polar surface area (TPSA) is 95.6 Å². The molecule has 2 heterocycles. The molecule has 0 aliphatic rings. The highest BCUT2D eigenvalue weighted by Gasteiger charge is 2.16. The summed E-state index contributed by atoms with van der Waals surface area (Å²) in [6.45, 7) is 0.598. The van der Waals surface area contributed by atoms with Gasteiger partial charge in [0, 0.05) is 11.8 Å². The van der Waals surface area contributed by atoms with Crippen LogP contribution >= 0.6 is 62.3 Å². The van der Waals surface area contributed by atoms with Gasteiger partial charge in [0.15, 0.2) is 4.96 Å². The Hall–Kier alpha value is -1.30. The van der Waals surface area contributed by atoms with E-state index in [-0.39, 0.29) is 50.9 Å². The normalized spacial score (nSPS) is 11.3. The summed E-state index contributed by atoms with van der Waals surface area (Å²) in [7, 11) is 0. The van der Waals surface area contributed by atoms with Gasteiger partial charge in [-0.2, -0.15) is 0 Å². The zero-order valence-corrected chi connectivity index (χ0v) is 22.6. The van der Waals surface area contributed by atoms with Gasteiger partial charge in [-0.15, -0.1) is 50.9 Å². The smallest absolute Gasteiger partial charge is 0.328 e. The van der Waals surface area contributed by atoms with Crippen molar-refractivity contribution >= 4 is 83.4 Å². The molecule has 1 unspecified atom stereocenters. The maximum absolute atomic E-state index is 12.2. The molecule has 4 rings (SSSR count). The van der Waals surface area contributed by atoms with Crippen molar-refractivity contribution < 1.29 is 9.53 Å². The fourth-order valence-corrected chi connectivity index (χ4v) is 4.13. The average Bonchev–Trinajstić information content (AvgIpc) is 3.26. The Morgan fingerprint density at radius 2 is 1.87 bits per heavy atom. The van der Waals surface area contributed by atoms with Crippen LogP contribution in [0.25, 0.3) is 26.4 Å². The van der Waals surface area contributed by atoms with E-state index in [1.54, 1.807) is 17.4 Å². The minimum Gasteiger partial charge on any atom is -0.425 e. The number of para-hydroxylation sites is 1. The van der Waals surface area contributed by atoms with E-state index in [1.165, 1.54) is 4.70 Å². The number of hydrogen-bond acceptors (Lipinski definition) is 6. The van der Waals surface area contributed by atoms with Gasteiger partial charge in [-0.25, -0.2) is 9.78 Å². The molecule has 0 fully saturated rings. The van der Waals surface area contributed by atoms with Crippen molar-refractivity contribution in [3.63, 3.8) is 0 Å². The zero-order chi connectivity index (χ0) is 19.5. The van der Waals surface area contributed by atoms with Crippen LogP contribution in [0.15, 0.2) is 54.7 Å². The molecule has 1 atom stereocenters. The lowest BCUT2D eigenvalue weighted by Gasteiger charge is -2.11. The number of imidazole rings is 1. The van der Waals surface area contributed by atoms with Crippen molar-refractivity contribution in [2.24, 2.45) is 11.5 Å². The molecule has 2 aromatic carbocycles. The summed E-state index contributed by atoms with van der Waals surface area (Å²) in [4.78, 5) is 17.9. The third-order valence-corrected chi connectivity index (χ3v) is 5.66. The first kappa shape index (κ1) is 27.7. The summed E-state index contributed by atoms with van der Waals surface area (Å²) >= 11 is 1.65. The van der Waals surface area contributed by atoms with E-state index in [2.05, 4.69) is 16.5 Å². The summed E-state index contributed by atoms with van der Waals surface area (Å²) in [6, 6.07) is 14.9. The first-order valence-electron chi connectivity index (χ1n) is 9.30. The number of ether oxygens (including phenoxy) is 1. The van der Waals surface area contributed by atoms with Gasteiger partial charge in [-0.3, -0.25) is 4.40 Å². The number of hydrogen-bond donors (Lipinski definition) is 2. The molecule has 6 nitrogen and oxygen atoms in total. The van der Waals surface area contributed by atoms with Crippen LogP contribution in [0.1, 0.15) is 19.3 Å². The first-order chi connectivity index (χ1) is 13.7. The number of nitrogens with zero attached hydrogens (tertiary/aromatic N) is 2. The van der Waals surface area contributed by atoms with Crippen LogP contribution in [0.2, 0.25) is 0 Å². The Morgan fingerprint density at radius 3 is 2.65 bits per heavy atom. The number of esters is 1. The van der Waals surface area contributed by atoms with Gasteiger partial charge >= 0.3 is 5.97 Å². The minimum atomic E-state index is -0.639. The molecule has 4 N–H and O–H groups in total. The molecule has 0 spiro atoms. The first-order valence-corrected chi connectivity index (χ1v) is 10.1. The monoisotopic (exact) mass is 634 g/mol. The summed E-state index contributed by atoms with van der Waals surface area (Å²) in [5, 5.41) is 0. The molecule has 0 radical (unpaired) electrons. The van der Waals surface area contributed by atoms with Crippen LogP contribution in [0.3, 0.4) is 0 Å². The highest BCUT2D eigenvalue weighted by molar-refractivity contribution is 8.93. The van der Waals surface area contributed by atoms with E-state index in [1.807, 2.05) is 36.5 Å². The van der Waals surface area contributed by atoms with Crippen LogP contribution in [-0.2, 0) is 4.79 Å². The quantitative estimate of drug-likeness (QED) is 0.163. The van der Waals surface area contributed by atoms with Crippen molar-refractivity contribution in [2.45, 2.75) is 25.3 Å². The second-order valence-corrected chi connectivity index (χ2v) is 7.70.